The Morgan fingerprint density at radius 1 is 1.00 bits per heavy atom. The molecule has 17 heavy (non-hydrogen) atoms. The zero-order chi connectivity index (χ0) is 12.5. The lowest BCUT2D eigenvalue weighted by molar-refractivity contribution is -0.137. The molecule has 0 atom stereocenters. The minimum atomic E-state index is -4.42. The third kappa shape index (κ3) is 2.38. The Kier molecular flexibility index (Phi) is 2.75. The van der Waals surface area contributed by atoms with Crippen molar-refractivity contribution in [3.05, 3.63) is 48.2 Å². The van der Waals surface area contributed by atoms with Crippen molar-refractivity contribution in [3.8, 4) is 17.0 Å². The molecule has 0 unspecified atom stereocenters. The molecule has 1 aromatic carbocycles. The number of aromatic nitrogens is 1. The molecule has 0 amide bonds. The lowest BCUT2D eigenvalue weighted by Crippen LogP contribution is -2.07. The Morgan fingerprint density at radius 2 is 1.71 bits per heavy atom. The molecule has 1 heterocycles. The van der Waals surface area contributed by atoms with Crippen LogP contribution in [-0.4, -0.2) is 10.1 Å². The zero-order valence-electron chi connectivity index (χ0n) is 8.57. The van der Waals surface area contributed by atoms with Gasteiger partial charge < -0.3 is 5.11 Å². The molecule has 0 aliphatic heterocycles. The summed E-state index contributed by atoms with van der Waals surface area (Å²) in [7, 11) is 0. The molecule has 0 saturated carbocycles. The fourth-order valence-electron chi connectivity index (χ4n) is 1.50. The number of nitrogens with zero attached hydrogens (tertiary/aromatic N) is 1. The van der Waals surface area contributed by atoms with E-state index in [0.29, 0.717) is 0 Å². The summed E-state index contributed by atoms with van der Waals surface area (Å²) < 4.78 is 38.2. The molecule has 2 nitrogen and oxygen atoms in total. The SMILES string of the molecule is Oc1ccc(-c2ccccc2C(F)(F)F)nc1. The third-order valence-electron chi connectivity index (χ3n) is 2.26. The second-order valence-corrected chi connectivity index (χ2v) is 3.44. The van der Waals surface area contributed by atoms with Crippen molar-refractivity contribution >= 4 is 0 Å². The molecule has 5 heteroatoms. The molecular weight excluding hydrogens is 231 g/mol. The quantitative estimate of drug-likeness (QED) is 0.826. The number of benzene rings is 1. The smallest absolute Gasteiger partial charge is 0.417 e. The van der Waals surface area contributed by atoms with Gasteiger partial charge in [0.15, 0.2) is 0 Å². The number of aromatic hydroxyl groups is 1. The molecule has 0 radical (unpaired) electrons. The van der Waals surface area contributed by atoms with Crippen molar-refractivity contribution in [3.63, 3.8) is 0 Å². The van der Waals surface area contributed by atoms with Gasteiger partial charge in [-0.25, -0.2) is 0 Å². The van der Waals surface area contributed by atoms with Crippen LogP contribution in [-0.2, 0) is 6.18 Å². The largest absolute Gasteiger partial charge is 0.506 e. The van der Waals surface area contributed by atoms with Crippen LogP contribution in [0.3, 0.4) is 0 Å². The van der Waals surface area contributed by atoms with E-state index in [1.54, 1.807) is 0 Å². The van der Waals surface area contributed by atoms with Crippen LogP contribution in [0.2, 0.25) is 0 Å². The molecule has 1 N–H and O–H groups in total. The summed E-state index contributed by atoms with van der Waals surface area (Å²) in [5, 5.41) is 9.05. The number of pyridine rings is 1. The molecule has 0 saturated heterocycles. The Morgan fingerprint density at radius 3 is 2.29 bits per heavy atom. The van der Waals surface area contributed by atoms with Crippen LogP contribution in [0.1, 0.15) is 5.56 Å². The Hall–Kier alpha value is -2.04. The molecule has 0 aliphatic rings. The van der Waals surface area contributed by atoms with E-state index in [2.05, 4.69) is 4.98 Å². The summed E-state index contributed by atoms with van der Waals surface area (Å²) in [5.74, 6) is -0.0850. The van der Waals surface area contributed by atoms with Crippen LogP contribution in [0.5, 0.6) is 5.75 Å². The molecule has 88 valence electrons. The van der Waals surface area contributed by atoms with E-state index >= 15 is 0 Å². The van der Waals surface area contributed by atoms with Gasteiger partial charge in [-0.3, -0.25) is 4.98 Å². The predicted octanol–water partition coefficient (Wildman–Crippen LogP) is 3.47. The molecule has 0 aliphatic carbocycles. The fourth-order valence-corrected chi connectivity index (χ4v) is 1.50. The van der Waals surface area contributed by atoms with Gasteiger partial charge >= 0.3 is 6.18 Å². The molecule has 0 spiro atoms. The average molecular weight is 239 g/mol. The van der Waals surface area contributed by atoms with Gasteiger partial charge in [-0.05, 0) is 18.2 Å². The lowest BCUT2D eigenvalue weighted by atomic mass is 10.0. The number of rotatable bonds is 1. The standard InChI is InChI=1S/C12H8F3NO/c13-12(14,15)10-4-2-1-3-9(10)11-6-5-8(17)7-16-11/h1-7,17H. The summed E-state index contributed by atoms with van der Waals surface area (Å²) in [4.78, 5) is 3.77. The first kappa shape index (κ1) is 11.4. The Balaban J connectivity index is 2.56. The van der Waals surface area contributed by atoms with Gasteiger partial charge in [-0.15, -0.1) is 0 Å². The van der Waals surface area contributed by atoms with Gasteiger partial charge in [0.25, 0.3) is 0 Å². The third-order valence-corrected chi connectivity index (χ3v) is 2.26. The summed E-state index contributed by atoms with van der Waals surface area (Å²) in [6, 6.07) is 7.84. The van der Waals surface area contributed by atoms with E-state index in [0.717, 1.165) is 12.3 Å². The molecule has 0 fully saturated rings. The molecule has 2 rings (SSSR count). The van der Waals surface area contributed by atoms with Gasteiger partial charge in [0.1, 0.15) is 5.75 Å². The first-order valence-electron chi connectivity index (χ1n) is 4.80. The normalized spacial score (nSPS) is 11.5. The minimum absolute atomic E-state index is 0.000000000000000444. The van der Waals surface area contributed by atoms with Gasteiger partial charge in [0.05, 0.1) is 17.5 Å². The summed E-state index contributed by atoms with van der Waals surface area (Å²) >= 11 is 0. The molecule has 2 aromatic rings. The maximum absolute atomic E-state index is 12.7. The second-order valence-electron chi connectivity index (χ2n) is 3.44. The van der Waals surface area contributed by atoms with E-state index in [9.17, 15) is 13.2 Å². The highest BCUT2D eigenvalue weighted by Crippen LogP contribution is 2.36. The Bertz CT molecular complexity index is 520. The predicted molar refractivity (Wildman–Crippen MR) is 56.3 cm³/mol. The van der Waals surface area contributed by atoms with Gasteiger partial charge in [0.2, 0.25) is 0 Å². The maximum Gasteiger partial charge on any atom is 0.417 e. The van der Waals surface area contributed by atoms with Gasteiger partial charge in [0, 0.05) is 5.56 Å². The molecule has 1 aromatic heterocycles. The number of alkyl halides is 3. The summed E-state index contributed by atoms with van der Waals surface area (Å²) in [6.45, 7) is 0. The summed E-state index contributed by atoms with van der Waals surface area (Å²) in [5.41, 5.74) is -0.561. The van der Waals surface area contributed by atoms with Crippen LogP contribution in [0.25, 0.3) is 11.3 Å². The van der Waals surface area contributed by atoms with Gasteiger partial charge in [-0.1, -0.05) is 18.2 Å². The highest BCUT2D eigenvalue weighted by molar-refractivity contribution is 5.64. The summed E-state index contributed by atoms with van der Waals surface area (Å²) in [6.07, 6.45) is -3.31. The van der Waals surface area contributed by atoms with Crippen LogP contribution in [0, 0.1) is 0 Å². The van der Waals surface area contributed by atoms with Crippen molar-refractivity contribution in [2.24, 2.45) is 0 Å². The topological polar surface area (TPSA) is 33.1 Å². The Labute approximate surface area is 95.4 Å². The van der Waals surface area contributed by atoms with Gasteiger partial charge in [-0.2, -0.15) is 13.2 Å². The maximum atomic E-state index is 12.7. The fraction of sp³-hybridized carbons (Fsp3) is 0.0833. The molecule has 0 bridgehead atoms. The monoisotopic (exact) mass is 239 g/mol. The lowest BCUT2D eigenvalue weighted by Gasteiger charge is -2.11. The van der Waals surface area contributed by atoms with E-state index in [1.807, 2.05) is 0 Å². The first-order valence-corrected chi connectivity index (χ1v) is 4.80. The number of hydrogen-bond acceptors (Lipinski definition) is 2. The van der Waals surface area contributed by atoms with E-state index < -0.39 is 11.7 Å². The number of halogens is 3. The second kappa shape index (κ2) is 4.08. The zero-order valence-corrected chi connectivity index (χ0v) is 8.57. The highest BCUT2D eigenvalue weighted by Gasteiger charge is 2.33. The van der Waals surface area contributed by atoms with E-state index in [1.165, 1.54) is 30.3 Å². The van der Waals surface area contributed by atoms with Crippen molar-refractivity contribution in [2.75, 3.05) is 0 Å². The average Bonchev–Trinajstić information content (AvgIpc) is 2.29. The first-order chi connectivity index (χ1) is 7.98. The van der Waals surface area contributed by atoms with Crippen molar-refractivity contribution in [1.29, 1.82) is 0 Å². The van der Waals surface area contributed by atoms with Crippen LogP contribution in [0.4, 0.5) is 13.2 Å². The van der Waals surface area contributed by atoms with E-state index in [-0.39, 0.29) is 17.0 Å². The van der Waals surface area contributed by atoms with E-state index in [4.69, 9.17) is 5.11 Å². The molecular formula is C12H8F3NO. The van der Waals surface area contributed by atoms with Crippen LogP contribution >= 0.6 is 0 Å². The highest BCUT2D eigenvalue weighted by atomic mass is 19.4. The van der Waals surface area contributed by atoms with Crippen molar-refractivity contribution in [2.45, 2.75) is 6.18 Å². The van der Waals surface area contributed by atoms with Crippen LogP contribution in [0.15, 0.2) is 42.6 Å². The van der Waals surface area contributed by atoms with Crippen molar-refractivity contribution < 1.29 is 18.3 Å². The number of hydrogen-bond donors (Lipinski definition) is 1. The minimum Gasteiger partial charge on any atom is -0.506 e. The van der Waals surface area contributed by atoms with Crippen molar-refractivity contribution in [1.82, 2.24) is 4.98 Å². The van der Waals surface area contributed by atoms with Crippen LogP contribution < -0.4 is 0 Å².